The minimum absolute atomic E-state index is 0.0860. The first-order chi connectivity index (χ1) is 15.4. The first-order valence-electron chi connectivity index (χ1n) is 8.81. The van der Waals surface area contributed by atoms with Crippen molar-refractivity contribution < 1.29 is 47.2 Å². The zero-order valence-corrected chi connectivity index (χ0v) is 18.0. The van der Waals surface area contributed by atoms with Gasteiger partial charge in [-0.3, -0.25) is 23.5 Å². The number of aromatic amines is 1. The lowest BCUT2D eigenvalue weighted by atomic mass is 10.1. The number of rotatable bonds is 10. The van der Waals surface area contributed by atoms with E-state index in [0.29, 0.717) is 0 Å². The van der Waals surface area contributed by atoms with E-state index in [9.17, 15) is 33.9 Å². The zero-order valence-electron chi connectivity index (χ0n) is 16.2. The Morgan fingerprint density at radius 3 is 2.73 bits per heavy atom. The van der Waals surface area contributed by atoms with Crippen molar-refractivity contribution in [2.75, 3.05) is 25.5 Å². The average molecular weight is 510 g/mol. The number of nitrogen functional groups attached to an aromatic ring is 1. The highest BCUT2D eigenvalue weighted by Gasteiger charge is 2.45. The van der Waals surface area contributed by atoms with Crippen LogP contribution in [0.2, 0.25) is 0 Å². The standard InChI is InChI=1S/C12H18N8O11P2/c13-12-17-9-6(10(23)18-12)15-4-20(9)11-8(22)7(21)5(30-11)3-29-33(26,27)31-32(24,25)28-2-1-16-19-14/h4-5,7-8,11,21-22H,1-3H2,(H,24,25)(H,26,27)(H3,13,17,18,23)/p-2/t5-,7?,8+,11-/m1/s1. The van der Waals surface area contributed by atoms with E-state index in [4.69, 9.17) is 16.0 Å². The van der Waals surface area contributed by atoms with Gasteiger partial charge in [0.1, 0.15) is 18.3 Å². The fraction of sp³-hybridized carbons (Fsp3) is 0.583. The van der Waals surface area contributed by atoms with Crippen LogP contribution in [0.1, 0.15) is 6.23 Å². The number of nitrogens with one attached hydrogen (secondary N) is 1. The molecule has 0 bridgehead atoms. The number of imidazole rings is 1. The van der Waals surface area contributed by atoms with Gasteiger partial charge in [0.15, 0.2) is 17.4 Å². The minimum Gasteiger partial charge on any atom is -0.756 e. The van der Waals surface area contributed by atoms with E-state index in [1.165, 1.54) is 0 Å². The van der Waals surface area contributed by atoms with Crippen LogP contribution in [0.5, 0.6) is 0 Å². The van der Waals surface area contributed by atoms with E-state index in [-0.39, 0.29) is 17.1 Å². The topological polar surface area (TPSA) is 296 Å². The number of phosphoric ester groups is 2. The van der Waals surface area contributed by atoms with E-state index in [1.807, 2.05) is 0 Å². The average Bonchev–Trinajstić information content (AvgIpc) is 3.25. The third-order valence-corrected chi connectivity index (χ3v) is 6.73. The summed E-state index contributed by atoms with van der Waals surface area (Å²) in [4.78, 5) is 47.5. The van der Waals surface area contributed by atoms with Gasteiger partial charge < -0.3 is 39.5 Å². The molecular formula is C12H16N8O11P2-2. The molecular weight excluding hydrogens is 494 g/mol. The fourth-order valence-corrected chi connectivity index (χ4v) is 4.79. The molecule has 0 aliphatic carbocycles. The largest absolute Gasteiger partial charge is 0.756 e. The number of hydrogen-bond acceptors (Lipinski definition) is 15. The Bertz CT molecular complexity index is 1210. The first kappa shape index (κ1) is 25.2. The fourth-order valence-electron chi connectivity index (χ4n) is 2.80. The van der Waals surface area contributed by atoms with Gasteiger partial charge in [-0.15, -0.1) is 0 Å². The second-order valence-electron chi connectivity index (χ2n) is 6.38. The number of aliphatic hydroxyl groups is 2. The van der Waals surface area contributed by atoms with Crippen molar-refractivity contribution >= 4 is 32.8 Å². The smallest absolute Gasteiger partial charge is 0.280 e. The Labute approximate surface area is 182 Å². The Morgan fingerprint density at radius 2 is 2.03 bits per heavy atom. The Balaban J connectivity index is 1.66. The number of aliphatic hydroxyl groups excluding tert-OH is 2. The molecule has 3 heterocycles. The van der Waals surface area contributed by atoms with Crippen LogP contribution >= 0.6 is 15.6 Å². The molecule has 19 nitrogen and oxygen atoms in total. The summed E-state index contributed by atoms with van der Waals surface area (Å²) in [6.07, 6.45) is -5.14. The minimum atomic E-state index is -5.52. The number of nitrogens with two attached hydrogens (primary N) is 1. The molecule has 5 N–H and O–H groups in total. The third-order valence-electron chi connectivity index (χ3n) is 4.16. The summed E-state index contributed by atoms with van der Waals surface area (Å²) in [5, 5.41) is 23.5. The van der Waals surface area contributed by atoms with Gasteiger partial charge in [0.05, 0.1) is 19.5 Å². The maximum absolute atomic E-state index is 11.9. The van der Waals surface area contributed by atoms with Crippen LogP contribution in [0.3, 0.4) is 0 Å². The number of H-pyrrole nitrogens is 1. The van der Waals surface area contributed by atoms with E-state index in [0.717, 1.165) is 10.9 Å². The van der Waals surface area contributed by atoms with Crippen molar-refractivity contribution in [3.05, 3.63) is 27.1 Å². The van der Waals surface area contributed by atoms with Gasteiger partial charge >= 0.3 is 0 Å². The van der Waals surface area contributed by atoms with Gasteiger partial charge in [0.2, 0.25) is 5.95 Å². The highest BCUT2D eigenvalue weighted by molar-refractivity contribution is 7.59. The number of fused-ring (bicyclic) bond motifs is 1. The van der Waals surface area contributed by atoms with Crippen LogP contribution in [-0.2, 0) is 27.2 Å². The summed E-state index contributed by atoms with van der Waals surface area (Å²) < 4.78 is 42.3. The van der Waals surface area contributed by atoms with Gasteiger partial charge in [-0.1, -0.05) is 5.11 Å². The summed E-state index contributed by atoms with van der Waals surface area (Å²) in [5.74, 6) is -0.254. The molecule has 0 saturated carbocycles. The summed E-state index contributed by atoms with van der Waals surface area (Å²) in [6, 6.07) is 0. The van der Waals surface area contributed by atoms with Crippen molar-refractivity contribution in [3.63, 3.8) is 0 Å². The molecule has 2 aromatic rings. The van der Waals surface area contributed by atoms with Gasteiger partial charge in [-0.2, -0.15) is 4.98 Å². The number of ether oxygens (including phenoxy) is 1. The molecule has 0 spiro atoms. The van der Waals surface area contributed by atoms with Crippen LogP contribution in [-0.4, -0.2) is 67.8 Å². The number of nitrogens with zero attached hydrogens (tertiary/aromatic N) is 6. The van der Waals surface area contributed by atoms with Crippen LogP contribution in [0.25, 0.3) is 21.6 Å². The predicted molar refractivity (Wildman–Crippen MR) is 101 cm³/mol. The SMILES string of the molecule is [N-]=[N+]=NCCOP(=O)([O-])OP(=O)([O-])OC[C@H]1O[C@@H](n2cnc3c(=O)[nH]c(N)nc32)[C@@H](O)C1O. The molecule has 33 heavy (non-hydrogen) atoms. The van der Waals surface area contributed by atoms with Crippen molar-refractivity contribution in [1.82, 2.24) is 19.5 Å². The van der Waals surface area contributed by atoms with Crippen LogP contribution in [0.4, 0.5) is 5.95 Å². The molecule has 2 aromatic heterocycles. The number of aromatic nitrogens is 4. The van der Waals surface area contributed by atoms with Crippen LogP contribution in [0.15, 0.2) is 16.2 Å². The molecule has 1 aliphatic heterocycles. The molecule has 182 valence electrons. The maximum Gasteiger partial charge on any atom is 0.280 e. The molecule has 3 rings (SSSR count). The maximum atomic E-state index is 11.9. The molecule has 1 aliphatic rings. The van der Waals surface area contributed by atoms with E-state index in [1.54, 1.807) is 0 Å². The highest BCUT2D eigenvalue weighted by atomic mass is 31.3. The Hall–Kier alpha value is -2.40. The second-order valence-corrected chi connectivity index (χ2v) is 9.34. The molecule has 0 radical (unpaired) electrons. The van der Waals surface area contributed by atoms with Gasteiger partial charge in [0, 0.05) is 11.5 Å². The summed E-state index contributed by atoms with van der Waals surface area (Å²) >= 11 is 0. The highest BCUT2D eigenvalue weighted by Crippen LogP contribution is 2.55. The van der Waals surface area contributed by atoms with Crippen molar-refractivity contribution in [2.24, 2.45) is 5.11 Å². The zero-order chi connectivity index (χ0) is 24.4. The second kappa shape index (κ2) is 9.84. The van der Waals surface area contributed by atoms with Crippen LogP contribution in [0, 0.1) is 0 Å². The number of anilines is 1. The van der Waals surface area contributed by atoms with Crippen molar-refractivity contribution in [2.45, 2.75) is 24.5 Å². The lowest BCUT2D eigenvalue weighted by molar-refractivity contribution is -0.245. The van der Waals surface area contributed by atoms with Gasteiger partial charge in [0.25, 0.3) is 21.2 Å². The number of hydrogen-bond donors (Lipinski definition) is 4. The van der Waals surface area contributed by atoms with E-state index < -0.39 is 65.5 Å². The van der Waals surface area contributed by atoms with E-state index >= 15 is 0 Å². The lowest BCUT2D eigenvalue weighted by Crippen LogP contribution is -2.34. The Morgan fingerprint density at radius 1 is 1.33 bits per heavy atom. The lowest BCUT2D eigenvalue weighted by Gasteiger charge is -2.31. The number of azide groups is 1. The van der Waals surface area contributed by atoms with Crippen LogP contribution < -0.4 is 21.1 Å². The monoisotopic (exact) mass is 510 g/mol. The van der Waals surface area contributed by atoms with Crippen molar-refractivity contribution in [1.29, 1.82) is 0 Å². The third kappa shape index (κ3) is 5.94. The summed E-state index contributed by atoms with van der Waals surface area (Å²) in [5.41, 5.74) is 12.7. The molecule has 1 saturated heterocycles. The van der Waals surface area contributed by atoms with E-state index in [2.05, 4.69) is 38.3 Å². The molecule has 21 heteroatoms. The Kier molecular flexibility index (Phi) is 7.52. The normalized spacial score (nSPS) is 26.5. The molecule has 0 aromatic carbocycles. The molecule has 3 unspecified atom stereocenters. The van der Waals surface area contributed by atoms with Crippen molar-refractivity contribution in [3.8, 4) is 0 Å². The molecule has 1 fully saturated rings. The molecule has 0 amide bonds. The van der Waals surface area contributed by atoms with Gasteiger partial charge in [-0.25, -0.2) is 9.29 Å². The summed E-state index contributed by atoms with van der Waals surface area (Å²) in [6.45, 7) is -2.05. The number of phosphoric acid groups is 2. The quantitative estimate of drug-likeness (QED) is 0.0853. The first-order valence-corrected chi connectivity index (χ1v) is 11.7. The van der Waals surface area contributed by atoms with Gasteiger partial charge in [-0.05, 0) is 5.53 Å². The predicted octanol–water partition coefficient (Wildman–Crippen LogP) is -2.38. The molecule has 6 atom stereocenters. The summed E-state index contributed by atoms with van der Waals surface area (Å²) in [7, 11) is -10.9.